The minimum atomic E-state index is -3.70. The molecule has 1 aliphatic heterocycles. The van der Waals surface area contributed by atoms with Crippen molar-refractivity contribution in [3.8, 4) is 0 Å². The number of fused-ring (bicyclic) bond motifs is 2. The zero-order valence-corrected chi connectivity index (χ0v) is 13.6. The van der Waals surface area contributed by atoms with E-state index in [1.165, 1.54) is 0 Å². The molecule has 3 aliphatic rings. The molecule has 5 nitrogen and oxygen atoms in total. The highest BCUT2D eigenvalue weighted by molar-refractivity contribution is 7.90. The van der Waals surface area contributed by atoms with Crippen LogP contribution in [-0.2, 0) is 14.8 Å². The second-order valence-corrected chi connectivity index (χ2v) is 8.64. The van der Waals surface area contributed by atoms with Crippen LogP contribution in [-0.4, -0.2) is 30.1 Å². The van der Waals surface area contributed by atoms with Gasteiger partial charge < -0.3 is 4.74 Å². The minimum Gasteiger partial charge on any atom is -0.438 e. The Balaban J connectivity index is 1.64. The monoisotopic (exact) mass is 333 g/mol. The van der Waals surface area contributed by atoms with Crippen molar-refractivity contribution in [3.05, 3.63) is 48.0 Å². The third kappa shape index (κ3) is 2.19. The first kappa shape index (κ1) is 14.8. The molecule has 1 aromatic carbocycles. The molecule has 0 spiro atoms. The van der Waals surface area contributed by atoms with Crippen molar-refractivity contribution in [2.75, 3.05) is 0 Å². The van der Waals surface area contributed by atoms with Gasteiger partial charge in [0.25, 0.3) is 0 Å². The van der Waals surface area contributed by atoms with E-state index in [0.717, 1.165) is 16.3 Å². The summed E-state index contributed by atoms with van der Waals surface area (Å²) in [7, 11) is -3.70. The number of amides is 1. The lowest BCUT2D eigenvalue weighted by Crippen LogP contribution is -2.44. The summed E-state index contributed by atoms with van der Waals surface area (Å²) in [4.78, 5) is 12.3. The van der Waals surface area contributed by atoms with Crippen molar-refractivity contribution in [2.45, 2.75) is 37.2 Å². The van der Waals surface area contributed by atoms with E-state index < -0.39 is 33.5 Å². The molecule has 1 heterocycles. The van der Waals surface area contributed by atoms with Gasteiger partial charge in [0.15, 0.2) is 6.10 Å². The lowest BCUT2D eigenvalue weighted by atomic mass is 10.0. The molecule has 122 valence electrons. The van der Waals surface area contributed by atoms with E-state index in [0.29, 0.717) is 12.3 Å². The second-order valence-electron chi connectivity index (χ2n) is 6.62. The Labute approximate surface area is 136 Å². The number of allylic oxidation sites excluding steroid dienone is 2. The molecule has 2 aliphatic carbocycles. The Morgan fingerprint density at radius 3 is 2.48 bits per heavy atom. The highest BCUT2D eigenvalue weighted by Gasteiger charge is 2.53. The highest BCUT2D eigenvalue weighted by atomic mass is 32.2. The fourth-order valence-corrected chi connectivity index (χ4v) is 6.34. The first-order chi connectivity index (χ1) is 11.0. The molecule has 0 radical (unpaired) electrons. The van der Waals surface area contributed by atoms with E-state index >= 15 is 0 Å². The third-order valence-electron chi connectivity index (χ3n) is 5.22. The first-order valence-corrected chi connectivity index (χ1v) is 9.46. The summed E-state index contributed by atoms with van der Waals surface area (Å²) in [6.07, 6.45) is 4.26. The van der Waals surface area contributed by atoms with E-state index in [2.05, 4.69) is 6.08 Å². The standard InChI is InChI=1S/C17H19NO4S/c1-11-16(13-5-3-2-4-6-13)22-17(19)18(11)23(20,21)15-10-12-7-8-14(15)9-12/h2-8,11-12,14-16H,9-10H2,1H3/t11-,12?,14?,15?,16-/m0/s1. The van der Waals surface area contributed by atoms with Crippen LogP contribution >= 0.6 is 0 Å². The summed E-state index contributed by atoms with van der Waals surface area (Å²) < 4.78 is 32.4. The first-order valence-electron chi connectivity index (χ1n) is 7.95. The number of sulfonamides is 1. The van der Waals surface area contributed by atoms with Gasteiger partial charge in [-0.15, -0.1) is 0 Å². The number of hydrogen-bond donors (Lipinski definition) is 0. The van der Waals surface area contributed by atoms with Crippen LogP contribution in [0.5, 0.6) is 0 Å². The van der Waals surface area contributed by atoms with Crippen LogP contribution in [0, 0.1) is 11.8 Å². The number of carbonyl (C=O) groups is 1. The van der Waals surface area contributed by atoms with E-state index in [-0.39, 0.29) is 5.92 Å². The molecule has 0 N–H and O–H groups in total. The van der Waals surface area contributed by atoms with Gasteiger partial charge in [-0.3, -0.25) is 0 Å². The number of ether oxygens (including phenoxy) is 1. The average molecular weight is 333 g/mol. The lowest BCUT2D eigenvalue weighted by Gasteiger charge is -2.27. The predicted octanol–water partition coefficient (Wildman–Crippen LogP) is 2.86. The molecule has 5 atom stereocenters. The fourth-order valence-electron chi connectivity index (χ4n) is 4.09. The van der Waals surface area contributed by atoms with Gasteiger partial charge in [-0.05, 0) is 37.2 Å². The summed E-state index contributed by atoms with van der Waals surface area (Å²) in [6, 6.07) is 8.76. The van der Waals surface area contributed by atoms with Gasteiger partial charge >= 0.3 is 6.09 Å². The molecular weight excluding hydrogens is 314 g/mol. The Hall–Kier alpha value is -1.82. The highest BCUT2D eigenvalue weighted by Crippen LogP contribution is 2.45. The van der Waals surface area contributed by atoms with Crippen LogP contribution in [0.2, 0.25) is 0 Å². The number of rotatable bonds is 3. The van der Waals surface area contributed by atoms with Crippen molar-refractivity contribution >= 4 is 16.1 Å². The van der Waals surface area contributed by atoms with Crippen LogP contribution in [0.25, 0.3) is 0 Å². The van der Waals surface area contributed by atoms with Crippen molar-refractivity contribution in [3.63, 3.8) is 0 Å². The molecule has 23 heavy (non-hydrogen) atoms. The average Bonchev–Trinajstić information content (AvgIpc) is 3.23. The van der Waals surface area contributed by atoms with Crippen LogP contribution in [0.15, 0.2) is 42.5 Å². The summed E-state index contributed by atoms with van der Waals surface area (Å²) in [5.74, 6) is 0.361. The molecule has 1 aromatic rings. The van der Waals surface area contributed by atoms with Crippen LogP contribution in [0.3, 0.4) is 0 Å². The van der Waals surface area contributed by atoms with Crippen LogP contribution in [0.4, 0.5) is 4.79 Å². The Morgan fingerprint density at radius 1 is 1.13 bits per heavy atom. The van der Waals surface area contributed by atoms with E-state index in [1.807, 2.05) is 36.4 Å². The summed E-state index contributed by atoms with van der Waals surface area (Å²) >= 11 is 0. The zero-order chi connectivity index (χ0) is 16.2. The predicted molar refractivity (Wildman–Crippen MR) is 85.0 cm³/mol. The number of hydrogen-bond acceptors (Lipinski definition) is 4. The molecule has 4 rings (SSSR count). The largest absolute Gasteiger partial charge is 0.438 e. The van der Waals surface area contributed by atoms with Gasteiger partial charge in [-0.25, -0.2) is 13.2 Å². The maximum absolute atomic E-state index is 13.0. The van der Waals surface area contributed by atoms with Gasteiger partial charge in [0.05, 0.1) is 11.3 Å². The normalized spacial score (nSPS) is 35.8. The number of nitrogens with zero attached hydrogens (tertiary/aromatic N) is 1. The molecule has 2 bridgehead atoms. The van der Waals surface area contributed by atoms with Crippen molar-refractivity contribution in [1.29, 1.82) is 0 Å². The molecular formula is C17H19NO4S. The number of benzene rings is 1. The molecule has 1 saturated heterocycles. The fraction of sp³-hybridized carbons (Fsp3) is 0.471. The van der Waals surface area contributed by atoms with Crippen molar-refractivity contribution in [2.24, 2.45) is 11.8 Å². The number of cyclic esters (lactones) is 1. The SMILES string of the molecule is C[C@H]1[C@@H](c2ccccc2)OC(=O)N1S(=O)(=O)C1CC2C=CC1C2. The molecule has 0 aromatic heterocycles. The summed E-state index contributed by atoms with van der Waals surface area (Å²) in [5.41, 5.74) is 0.818. The Morgan fingerprint density at radius 2 is 1.87 bits per heavy atom. The van der Waals surface area contributed by atoms with Crippen molar-refractivity contribution < 1.29 is 17.9 Å². The molecule has 1 saturated carbocycles. The second kappa shape index (κ2) is 5.09. The Kier molecular flexibility index (Phi) is 3.27. The topological polar surface area (TPSA) is 63.7 Å². The number of carbonyl (C=O) groups excluding carboxylic acids is 1. The molecule has 6 heteroatoms. The van der Waals surface area contributed by atoms with Crippen LogP contribution in [0.1, 0.15) is 31.4 Å². The summed E-state index contributed by atoms with van der Waals surface area (Å²) in [5, 5.41) is -0.498. The lowest BCUT2D eigenvalue weighted by molar-refractivity contribution is 0.132. The summed E-state index contributed by atoms with van der Waals surface area (Å²) in [6.45, 7) is 1.74. The maximum Gasteiger partial charge on any atom is 0.424 e. The van der Waals surface area contributed by atoms with Crippen molar-refractivity contribution in [1.82, 2.24) is 4.31 Å². The Bertz CT molecular complexity index is 758. The van der Waals surface area contributed by atoms with E-state index in [9.17, 15) is 13.2 Å². The molecule has 1 amide bonds. The van der Waals surface area contributed by atoms with Gasteiger partial charge in [-0.2, -0.15) is 4.31 Å². The molecule has 2 fully saturated rings. The van der Waals surface area contributed by atoms with Gasteiger partial charge in [0, 0.05) is 0 Å². The van der Waals surface area contributed by atoms with Crippen LogP contribution < -0.4 is 0 Å². The smallest absolute Gasteiger partial charge is 0.424 e. The van der Waals surface area contributed by atoms with Gasteiger partial charge in [0.2, 0.25) is 10.0 Å². The van der Waals surface area contributed by atoms with E-state index in [1.54, 1.807) is 6.92 Å². The van der Waals surface area contributed by atoms with Gasteiger partial charge in [0.1, 0.15) is 0 Å². The minimum absolute atomic E-state index is 0.0285. The third-order valence-corrected chi connectivity index (χ3v) is 7.56. The van der Waals surface area contributed by atoms with E-state index in [4.69, 9.17) is 4.74 Å². The quantitative estimate of drug-likeness (QED) is 0.798. The zero-order valence-electron chi connectivity index (χ0n) is 12.8. The van der Waals surface area contributed by atoms with Gasteiger partial charge in [-0.1, -0.05) is 42.5 Å². The molecule has 3 unspecified atom stereocenters. The maximum atomic E-state index is 13.0.